The van der Waals surface area contributed by atoms with Gasteiger partial charge in [0, 0.05) is 6.04 Å². The molecule has 110 valence electrons. The summed E-state index contributed by atoms with van der Waals surface area (Å²) in [4.78, 5) is 2.55. The van der Waals surface area contributed by atoms with Crippen LogP contribution in [0.3, 0.4) is 0 Å². The minimum atomic E-state index is -0.0836. The lowest BCUT2D eigenvalue weighted by atomic mass is 9.85. The van der Waals surface area contributed by atoms with Crippen molar-refractivity contribution >= 4 is 0 Å². The van der Waals surface area contributed by atoms with Gasteiger partial charge in [0.25, 0.3) is 0 Å². The lowest BCUT2D eigenvalue weighted by Crippen LogP contribution is -2.48. The van der Waals surface area contributed by atoms with Gasteiger partial charge in [-0.15, -0.1) is 0 Å². The number of hydrogen-bond acceptors (Lipinski definition) is 2. The standard InChI is InChI=1S/C18H27NO/c1-14-6-8-15(9-7-14)16-10-12-19(13-11-16)17-4-2-3-5-18(17)20/h6-9,16-18,20H,2-5,10-13H2,1H3/t17?,18-/m1/s1. The van der Waals surface area contributed by atoms with Crippen LogP contribution in [-0.4, -0.2) is 35.2 Å². The molecule has 2 heteroatoms. The van der Waals surface area contributed by atoms with E-state index < -0.39 is 0 Å². The van der Waals surface area contributed by atoms with E-state index >= 15 is 0 Å². The highest BCUT2D eigenvalue weighted by Crippen LogP contribution is 2.32. The highest BCUT2D eigenvalue weighted by Gasteiger charge is 2.31. The average Bonchev–Trinajstić information content (AvgIpc) is 2.49. The van der Waals surface area contributed by atoms with E-state index in [4.69, 9.17) is 0 Å². The van der Waals surface area contributed by atoms with Gasteiger partial charge in [0.05, 0.1) is 6.10 Å². The molecule has 2 fully saturated rings. The van der Waals surface area contributed by atoms with Crippen molar-refractivity contribution in [3.8, 4) is 0 Å². The fourth-order valence-electron chi connectivity index (χ4n) is 3.92. The minimum absolute atomic E-state index is 0.0836. The fraction of sp³-hybridized carbons (Fsp3) is 0.667. The molecule has 1 aliphatic carbocycles. The van der Waals surface area contributed by atoms with E-state index in [1.165, 1.54) is 43.2 Å². The van der Waals surface area contributed by atoms with Gasteiger partial charge in [-0.2, -0.15) is 0 Å². The number of hydrogen-bond donors (Lipinski definition) is 1. The molecule has 1 N–H and O–H groups in total. The minimum Gasteiger partial charge on any atom is -0.391 e. The Morgan fingerprint density at radius 2 is 1.60 bits per heavy atom. The third kappa shape index (κ3) is 3.07. The second-order valence-corrected chi connectivity index (χ2v) is 6.64. The summed E-state index contributed by atoms with van der Waals surface area (Å²) in [7, 11) is 0. The third-order valence-electron chi connectivity index (χ3n) is 5.24. The number of aliphatic hydroxyl groups excluding tert-OH is 1. The molecule has 1 saturated carbocycles. The zero-order chi connectivity index (χ0) is 13.9. The maximum atomic E-state index is 10.2. The topological polar surface area (TPSA) is 23.5 Å². The Balaban J connectivity index is 1.57. The first-order valence-electron chi connectivity index (χ1n) is 8.23. The number of nitrogens with zero attached hydrogens (tertiary/aromatic N) is 1. The van der Waals surface area contributed by atoms with E-state index in [1.54, 1.807) is 0 Å². The largest absolute Gasteiger partial charge is 0.391 e. The average molecular weight is 273 g/mol. The molecular weight excluding hydrogens is 246 g/mol. The van der Waals surface area contributed by atoms with Gasteiger partial charge < -0.3 is 5.11 Å². The second kappa shape index (κ2) is 6.28. The summed E-state index contributed by atoms with van der Waals surface area (Å²) >= 11 is 0. The highest BCUT2D eigenvalue weighted by molar-refractivity contribution is 5.25. The predicted octanol–water partition coefficient (Wildman–Crippen LogP) is 3.48. The Labute approximate surface area is 122 Å². The van der Waals surface area contributed by atoms with Crippen molar-refractivity contribution in [2.24, 2.45) is 0 Å². The van der Waals surface area contributed by atoms with E-state index in [2.05, 4.69) is 36.1 Å². The molecule has 3 rings (SSSR count). The van der Waals surface area contributed by atoms with Crippen molar-refractivity contribution in [2.45, 2.75) is 63.5 Å². The summed E-state index contributed by atoms with van der Waals surface area (Å²) in [6.07, 6.45) is 7.09. The molecule has 1 aromatic carbocycles. The van der Waals surface area contributed by atoms with Gasteiger partial charge in [-0.25, -0.2) is 0 Å². The molecular formula is C18H27NO. The van der Waals surface area contributed by atoms with Crippen molar-refractivity contribution in [1.82, 2.24) is 4.90 Å². The van der Waals surface area contributed by atoms with Crippen LogP contribution in [0, 0.1) is 6.92 Å². The van der Waals surface area contributed by atoms with Crippen LogP contribution in [0.4, 0.5) is 0 Å². The van der Waals surface area contributed by atoms with Crippen molar-refractivity contribution in [2.75, 3.05) is 13.1 Å². The van der Waals surface area contributed by atoms with E-state index in [-0.39, 0.29) is 6.10 Å². The Kier molecular flexibility index (Phi) is 4.42. The molecule has 2 atom stereocenters. The third-order valence-corrected chi connectivity index (χ3v) is 5.24. The normalized spacial score (nSPS) is 29.5. The second-order valence-electron chi connectivity index (χ2n) is 6.64. The lowest BCUT2D eigenvalue weighted by Gasteiger charge is -2.41. The monoisotopic (exact) mass is 273 g/mol. The maximum absolute atomic E-state index is 10.2. The number of aryl methyl sites for hydroxylation is 1. The van der Waals surface area contributed by atoms with E-state index in [1.807, 2.05) is 0 Å². The number of benzene rings is 1. The zero-order valence-electron chi connectivity index (χ0n) is 12.6. The zero-order valence-corrected chi connectivity index (χ0v) is 12.6. The maximum Gasteiger partial charge on any atom is 0.0695 e. The first-order valence-corrected chi connectivity index (χ1v) is 8.23. The molecule has 20 heavy (non-hydrogen) atoms. The number of rotatable bonds is 2. The van der Waals surface area contributed by atoms with Gasteiger partial charge in [0.2, 0.25) is 0 Å². The molecule has 0 bridgehead atoms. The Morgan fingerprint density at radius 3 is 2.25 bits per heavy atom. The summed E-state index contributed by atoms with van der Waals surface area (Å²) in [6.45, 7) is 4.46. The summed E-state index contributed by atoms with van der Waals surface area (Å²) in [5.74, 6) is 0.715. The summed E-state index contributed by atoms with van der Waals surface area (Å²) in [5.41, 5.74) is 2.84. The molecule has 1 aliphatic heterocycles. The van der Waals surface area contributed by atoms with Crippen molar-refractivity contribution < 1.29 is 5.11 Å². The van der Waals surface area contributed by atoms with Crippen LogP contribution in [0.25, 0.3) is 0 Å². The van der Waals surface area contributed by atoms with Crippen LogP contribution in [0.5, 0.6) is 0 Å². The molecule has 1 saturated heterocycles. The number of likely N-dealkylation sites (tertiary alicyclic amines) is 1. The van der Waals surface area contributed by atoms with Gasteiger partial charge in [-0.1, -0.05) is 42.7 Å². The SMILES string of the molecule is Cc1ccc(C2CCN(C3CCCC[C@H]3O)CC2)cc1. The van der Waals surface area contributed by atoms with Crippen molar-refractivity contribution in [1.29, 1.82) is 0 Å². The lowest BCUT2D eigenvalue weighted by molar-refractivity contribution is 0.00871. The fourth-order valence-corrected chi connectivity index (χ4v) is 3.92. The van der Waals surface area contributed by atoms with E-state index in [0.29, 0.717) is 12.0 Å². The van der Waals surface area contributed by atoms with Gasteiger partial charge >= 0.3 is 0 Å². The summed E-state index contributed by atoms with van der Waals surface area (Å²) in [6, 6.07) is 9.48. The van der Waals surface area contributed by atoms with E-state index in [9.17, 15) is 5.11 Å². The molecule has 0 amide bonds. The molecule has 1 heterocycles. The highest BCUT2D eigenvalue weighted by atomic mass is 16.3. The van der Waals surface area contributed by atoms with E-state index in [0.717, 1.165) is 19.5 Å². The molecule has 1 unspecified atom stereocenters. The van der Waals surface area contributed by atoms with Gasteiger partial charge in [-0.05, 0) is 57.2 Å². The molecule has 0 spiro atoms. The Hall–Kier alpha value is -0.860. The summed E-state index contributed by atoms with van der Waals surface area (Å²) < 4.78 is 0. The Bertz CT molecular complexity index is 420. The van der Waals surface area contributed by atoms with Crippen molar-refractivity contribution in [3.05, 3.63) is 35.4 Å². The molecule has 2 aliphatic rings. The number of aliphatic hydroxyl groups is 1. The van der Waals surface area contributed by atoms with Crippen LogP contribution in [-0.2, 0) is 0 Å². The van der Waals surface area contributed by atoms with Crippen LogP contribution in [0.1, 0.15) is 55.6 Å². The quantitative estimate of drug-likeness (QED) is 0.892. The molecule has 0 radical (unpaired) electrons. The van der Waals surface area contributed by atoms with Crippen LogP contribution < -0.4 is 0 Å². The van der Waals surface area contributed by atoms with Crippen LogP contribution in [0.2, 0.25) is 0 Å². The van der Waals surface area contributed by atoms with Gasteiger partial charge in [-0.3, -0.25) is 4.90 Å². The molecule has 0 aromatic heterocycles. The predicted molar refractivity (Wildman–Crippen MR) is 83.0 cm³/mol. The van der Waals surface area contributed by atoms with Crippen LogP contribution in [0.15, 0.2) is 24.3 Å². The number of piperidine rings is 1. The molecule has 2 nitrogen and oxygen atoms in total. The summed E-state index contributed by atoms with van der Waals surface area (Å²) in [5, 5.41) is 10.2. The van der Waals surface area contributed by atoms with Gasteiger partial charge in [0.15, 0.2) is 0 Å². The van der Waals surface area contributed by atoms with Crippen LogP contribution >= 0.6 is 0 Å². The Morgan fingerprint density at radius 1 is 0.950 bits per heavy atom. The van der Waals surface area contributed by atoms with Gasteiger partial charge in [0.1, 0.15) is 0 Å². The van der Waals surface area contributed by atoms with Crippen molar-refractivity contribution in [3.63, 3.8) is 0 Å². The molecule has 1 aromatic rings. The smallest absolute Gasteiger partial charge is 0.0695 e. The first kappa shape index (κ1) is 14.1. The first-order chi connectivity index (χ1) is 9.74.